The normalized spacial score (nSPS) is 14.7. The zero-order chi connectivity index (χ0) is 24.7. The number of aliphatic carboxylic acids is 1. The number of hydrogen-bond acceptors (Lipinski definition) is 4. The number of carbonyl (C=O) groups excluding carboxylic acids is 1. The lowest BCUT2D eigenvalue weighted by Gasteiger charge is -2.24. The molecule has 1 fully saturated rings. The van der Waals surface area contributed by atoms with Gasteiger partial charge < -0.3 is 19.7 Å². The first-order valence-corrected chi connectivity index (χ1v) is 12.3. The smallest absolute Gasteiger partial charge is 0.335 e. The fourth-order valence-corrected chi connectivity index (χ4v) is 4.68. The minimum Gasteiger partial charge on any atom is -0.479 e. The molecule has 0 aliphatic heterocycles. The number of benzene rings is 2. The van der Waals surface area contributed by atoms with Crippen LogP contribution in [-0.2, 0) is 29.1 Å². The number of aromatic nitrogens is 2. The molecule has 1 amide bonds. The summed E-state index contributed by atoms with van der Waals surface area (Å²) < 4.78 is 7.80. The van der Waals surface area contributed by atoms with E-state index < -0.39 is 11.6 Å². The quantitative estimate of drug-likeness (QED) is 0.363. The van der Waals surface area contributed by atoms with Crippen LogP contribution in [0.5, 0.6) is 0 Å². The molecule has 184 valence electrons. The SMILES string of the molecule is Cc1cccc(NC(=O)c2nccn2CCCCc2cccc(COC3(C(=O)O)CCCC3)c2)c1. The molecule has 1 aliphatic carbocycles. The summed E-state index contributed by atoms with van der Waals surface area (Å²) in [5.41, 5.74) is 3.02. The number of hydrogen-bond donors (Lipinski definition) is 2. The van der Waals surface area contributed by atoms with E-state index in [-0.39, 0.29) is 5.91 Å². The van der Waals surface area contributed by atoms with Gasteiger partial charge >= 0.3 is 5.97 Å². The van der Waals surface area contributed by atoms with Crippen molar-refractivity contribution in [2.75, 3.05) is 5.32 Å². The Hall–Kier alpha value is -3.45. The maximum absolute atomic E-state index is 12.7. The number of nitrogens with one attached hydrogen (secondary N) is 1. The van der Waals surface area contributed by atoms with Gasteiger partial charge in [-0.05, 0) is 80.7 Å². The standard InChI is InChI=1S/C28H33N3O4/c1-21-8-6-12-24(18-21)30-26(32)25-29-15-17-31(25)16-5-2-9-22-10-7-11-23(19-22)20-35-28(27(33)34)13-3-4-14-28/h6-8,10-12,15,17-19H,2-5,9,13-14,16,20H2,1H3,(H,30,32)(H,33,34). The fourth-order valence-electron chi connectivity index (χ4n) is 4.68. The van der Waals surface area contributed by atoms with Crippen LogP contribution in [0.1, 0.15) is 65.8 Å². The number of ether oxygens (including phenoxy) is 1. The van der Waals surface area contributed by atoms with Gasteiger partial charge in [0.05, 0.1) is 6.61 Å². The van der Waals surface area contributed by atoms with Crippen molar-refractivity contribution in [2.24, 2.45) is 0 Å². The molecule has 2 N–H and O–H groups in total. The molecular weight excluding hydrogens is 442 g/mol. The minimum atomic E-state index is -1.02. The third-order valence-electron chi connectivity index (χ3n) is 6.62. The molecule has 4 rings (SSSR count). The van der Waals surface area contributed by atoms with Gasteiger partial charge in [-0.25, -0.2) is 9.78 Å². The molecule has 0 spiro atoms. The molecule has 35 heavy (non-hydrogen) atoms. The van der Waals surface area contributed by atoms with Crippen LogP contribution in [0.3, 0.4) is 0 Å². The Balaban J connectivity index is 1.26. The summed E-state index contributed by atoms with van der Waals surface area (Å²) in [5.74, 6) is -0.655. The molecule has 0 bridgehead atoms. The molecule has 0 radical (unpaired) electrons. The maximum Gasteiger partial charge on any atom is 0.335 e. The summed E-state index contributed by atoms with van der Waals surface area (Å²) in [6.07, 6.45) is 9.23. The van der Waals surface area contributed by atoms with E-state index in [0.29, 0.717) is 31.8 Å². The largest absolute Gasteiger partial charge is 0.479 e. The lowest BCUT2D eigenvalue weighted by Crippen LogP contribution is -2.38. The Kier molecular flexibility index (Phi) is 7.98. The topological polar surface area (TPSA) is 93.5 Å². The van der Waals surface area contributed by atoms with Crippen molar-refractivity contribution in [2.45, 2.75) is 70.6 Å². The second-order valence-corrected chi connectivity index (χ2v) is 9.34. The van der Waals surface area contributed by atoms with Crippen molar-refractivity contribution in [1.29, 1.82) is 0 Å². The Labute approximate surface area is 206 Å². The van der Waals surface area contributed by atoms with Crippen LogP contribution in [0.25, 0.3) is 0 Å². The number of carboxylic acid groups (broad SMARTS) is 1. The number of unbranched alkanes of at least 4 members (excludes halogenated alkanes) is 1. The van der Waals surface area contributed by atoms with Crippen LogP contribution in [0.15, 0.2) is 60.9 Å². The summed E-state index contributed by atoms with van der Waals surface area (Å²) in [7, 11) is 0. The molecular formula is C28H33N3O4. The maximum atomic E-state index is 12.7. The van der Waals surface area contributed by atoms with Gasteiger partial charge in [-0.1, -0.05) is 36.4 Å². The van der Waals surface area contributed by atoms with Crippen LogP contribution in [0.2, 0.25) is 0 Å². The van der Waals surface area contributed by atoms with E-state index in [1.165, 1.54) is 5.56 Å². The number of carbonyl (C=O) groups is 2. The highest BCUT2D eigenvalue weighted by atomic mass is 16.5. The molecule has 1 saturated carbocycles. The van der Waals surface area contributed by atoms with E-state index in [0.717, 1.165) is 48.9 Å². The number of imidazole rings is 1. The zero-order valence-corrected chi connectivity index (χ0v) is 20.2. The van der Waals surface area contributed by atoms with Crippen LogP contribution in [0, 0.1) is 6.92 Å². The average Bonchev–Trinajstić information content (AvgIpc) is 3.51. The fraction of sp³-hybridized carbons (Fsp3) is 0.393. The second-order valence-electron chi connectivity index (χ2n) is 9.34. The monoisotopic (exact) mass is 475 g/mol. The summed E-state index contributed by atoms with van der Waals surface area (Å²) in [4.78, 5) is 28.6. The third-order valence-corrected chi connectivity index (χ3v) is 6.62. The molecule has 2 aromatic carbocycles. The van der Waals surface area contributed by atoms with Crippen molar-refractivity contribution in [3.05, 3.63) is 83.4 Å². The second kappa shape index (κ2) is 11.3. The van der Waals surface area contributed by atoms with Crippen molar-refractivity contribution >= 4 is 17.6 Å². The van der Waals surface area contributed by atoms with Gasteiger partial charge in [0.25, 0.3) is 5.91 Å². The summed E-state index contributed by atoms with van der Waals surface area (Å²) in [6.45, 7) is 3.01. The van der Waals surface area contributed by atoms with Crippen molar-refractivity contribution in [3.63, 3.8) is 0 Å². The van der Waals surface area contributed by atoms with Gasteiger partial charge in [0, 0.05) is 24.6 Å². The van der Waals surface area contributed by atoms with Gasteiger partial charge in [-0.3, -0.25) is 4.79 Å². The van der Waals surface area contributed by atoms with Crippen LogP contribution in [0.4, 0.5) is 5.69 Å². The molecule has 1 aromatic heterocycles. The van der Waals surface area contributed by atoms with Crippen molar-refractivity contribution in [3.8, 4) is 0 Å². The minimum absolute atomic E-state index is 0.213. The highest BCUT2D eigenvalue weighted by Gasteiger charge is 2.42. The molecule has 7 heteroatoms. The molecule has 1 aliphatic rings. The predicted octanol–water partition coefficient (Wildman–Crippen LogP) is 5.38. The number of rotatable bonds is 11. The van der Waals surface area contributed by atoms with Gasteiger partial charge in [0.2, 0.25) is 0 Å². The molecule has 7 nitrogen and oxygen atoms in total. The summed E-state index contributed by atoms with van der Waals surface area (Å²) >= 11 is 0. The highest BCUT2D eigenvalue weighted by molar-refractivity contribution is 6.01. The molecule has 1 heterocycles. The number of anilines is 1. The van der Waals surface area contributed by atoms with E-state index in [4.69, 9.17) is 4.74 Å². The summed E-state index contributed by atoms with van der Waals surface area (Å²) in [5, 5.41) is 12.5. The first-order valence-electron chi connectivity index (χ1n) is 12.3. The van der Waals surface area contributed by atoms with E-state index in [2.05, 4.69) is 22.4 Å². The van der Waals surface area contributed by atoms with E-state index in [1.807, 2.05) is 54.1 Å². The van der Waals surface area contributed by atoms with Gasteiger partial charge in [-0.15, -0.1) is 0 Å². The van der Waals surface area contributed by atoms with Crippen LogP contribution in [-0.4, -0.2) is 32.1 Å². The van der Waals surface area contributed by atoms with Gasteiger partial charge in [0.15, 0.2) is 11.4 Å². The van der Waals surface area contributed by atoms with Crippen molar-refractivity contribution < 1.29 is 19.4 Å². The number of carboxylic acids is 1. The number of amides is 1. The molecule has 3 aromatic rings. The molecule has 0 unspecified atom stereocenters. The Morgan fingerprint density at radius 3 is 2.63 bits per heavy atom. The lowest BCUT2D eigenvalue weighted by atomic mass is 10.0. The van der Waals surface area contributed by atoms with E-state index >= 15 is 0 Å². The highest BCUT2D eigenvalue weighted by Crippen LogP contribution is 2.34. The predicted molar refractivity (Wildman–Crippen MR) is 134 cm³/mol. The van der Waals surface area contributed by atoms with Crippen molar-refractivity contribution in [1.82, 2.24) is 9.55 Å². The van der Waals surface area contributed by atoms with E-state index in [9.17, 15) is 14.7 Å². The lowest BCUT2D eigenvalue weighted by molar-refractivity contribution is -0.167. The third kappa shape index (κ3) is 6.36. The van der Waals surface area contributed by atoms with Gasteiger partial charge in [-0.2, -0.15) is 0 Å². The van der Waals surface area contributed by atoms with Gasteiger partial charge in [0.1, 0.15) is 0 Å². The van der Waals surface area contributed by atoms with E-state index in [1.54, 1.807) is 6.20 Å². The Morgan fingerprint density at radius 1 is 1.09 bits per heavy atom. The molecule has 0 atom stereocenters. The Bertz CT molecular complexity index is 1160. The first-order chi connectivity index (χ1) is 16.9. The first kappa shape index (κ1) is 24.7. The Morgan fingerprint density at radius 2 is 1.86 bits per heavy atom. The van der Waals surface area contributed by atoms with Crippen LogP contribution >= 0.6 is 0 Å². The molecule has 0 saturated heterocycles. The zero-order valence-electron chi connectivity index (χ0n) is 20.2. The summed E-state index contributed by atoms with van der Waals surface area (Å²) in [6, 6.07) is 15.9. The van der Waals surface area contributed by atoms with Crippen LogP contribution < -0.4 is 5.32 Å². The number of nitrogens with zero attached hydrogens (tertiary/aromatic N) is 2. The average molecular weight is 476 g/mol. The number of aryl methyl sites for hydroxylation is 3.